The Morgan fingerprint density at radius 1 is 1.26 bits per heavy atom. The third-order valence-corrected chi connectivity index (χ3v) is 5.43. The predicted octanol–water partition coefficient (Wildman–Crippen LogP) is 3.88. The van der Waals surface area contributed by atoms with Gasteiger partial charge in [0.15, 0.2) is 0 Å². The fourth-order valence-corrected chi connectivity index (χ4v) is 4.00. The van der Waals surface area contributed by atoms with Crippen LogP contribution in [-0.2, 0) is 0 Å². The maximum atomic E-state index is 10.8. The van der Waals surface area contributed by atoms with Crippen LogP contribution in [0.4, 0.5) is 0 Å². The van der Waals surface area contributed by atoms with E-state index in [1.54, 1.807) is 11.3 Å². The molecule has 1 heterocycles. The summed E-state index contributed by atoms with van der Waals surface area (Å²) in [5.74, 6) is 0.657. The lowest BCUT2D eigenvalue weighted by Crippen LogP contribution is -2.39. The van der Waals surface area contributed by atoms with Crippen LogP contribution in [0, 0.1) is 5.92 Å². The van der Waals surface area contributed by atoms with E-state index in [1.807, 2.05) is 17.5 Å². The Bertz CT molecular complexity index is 567. The number of fused-ring (bicyclic) bond motifs is 1. The highest BCUT2D eigenvalue weighted by Gasteiger charge is 2.39. The smallest absolute Gasteiger partial charge is 0.109 e. The minimum atomic E-state index is -0.954. The van der Waals surface area contributed by atoms with Gasteiger partial charge in [-0.3, -0.25) is 0 Å². The van der Waals surface area contributed by atoms with Crippen LogP contribution in [0.15, 0.2) is 29.6 Å². The molecule has 3 rings (SSSR count). The zero-order valence-corrected chi connectivity index (χ0v) is 12.0. The number of hydrogen-bond acceptors (Lipinski definition) is 3. The number of rotatable bonds is 2. The standard InChI is InChI=1S/C16H20O2S/c1-11-5-8-16(18,9-6-11)15(17)13-4-2-3-12-7-10-19-14(12)13/h2-4,7,10-11,15,17-18H,5-6,8-9H2,1H3. The van der Waals surface area contributed by atoms with E-state index in [2.05, 4.69) is 19.1 Å². The zero-order valence-electron chi connectivity index (χ0n) is 11.2. The fraction of sp³-hybridized carbons (Fsp3) is 0.500. The first kappa shape index (κ1) is 13.1. The molecule has 1 aliphatic carbocycles. The van der Waals surface area contributed by atoms with E-state index in [0.29, 0.717) is 18.8 Å². The summed E-state index contributed by atoms with van der Waals surface area (Å²) in [6.07, 6.45) is 2.60. The van der Waals surface area contributed by atoms with Crippen molar-refractivity contribution in [3.05, 3.63) is 35.2 Å². The third kappa shape index (κ3) is 2.31. The molecule has 1 aromatic carbocycles. The summed E-state index contributed by atoms with van der Waals surface area (Å²) >= 11 is 1.63. The molecular formula is C16H20O2S. The van der Waals surface area contributed by atoms with Crippen LogP contribution in [0.1, 0.15) is 44.3 Å². The first-order valence-corrected chi connectivity index (χ1v) is 7.85. The quantitative estimate of drug-likeness (QED) is 0.874. The number of aliphatic hydroxyl groups is 2. The highest BCUT2D eigenvalue weighted by molar-refractivity contribution is 7.17. The Morgan fingerprint density at radius 3 is 2.74 bits per heavy atom. The summed E-state index contributed by atoms with van der Waals surface area (Å²) in [7, 11) is 0. The second kappa shape index (κ2) is 4.89. The molecule has 2 nitrogen and oxygen atoms in total. The van der Waals surface area contributed by atoms with Crippen molar-refractivity contribution >= 4 is 21.4 Å². The molecule has 1 aliphatic rings. The molecule has 0 saturated heterocycles. The van der Waals surface area contributed by atoms with Crippen molar-refractivity contribution < 1.29 is 10.2 Å². The van der Waals surface area contributed by atoms with Crippen molar-refractivity contribution in [1.29, 1.82) is 0 Å². The van der Waals surface area contributed by atoms with Gasteiger partial charge in [-0.25, -0.2) is 0 Å². The Kier molecular flexibility index (Phi) is 3.37. The van der Waals surface area contributed by atoms with Crippen LogP contribution in [0.5, 0.6) is 0 Å². The lowest BCUT2D eigenvalue weighted by atomic mass is 9.75. The summed E-state index contributed by atoms with van der Waals surface area (Å²) in [6, 6.07) is 8.01. The molecule has 0 spiro atoms. The van der Waals surface area contributed by atoms with E-state index >= 15 is 0 Å². The van der Waals surface area contributed by atoms with Crippen molar-refractivity contribution in [1.82, 2.24) is 0 Å². The van der Waals surface area contributed by atoms with Gasteiger partial charge in [-0.05, 0) is 48.4 Å². The van der Waals surface area contributed by atoms with Crippen LogP contribution in [-0.4, -0.2) is 15.8 Å². The summed E-state index contributed by atoms with van der Waals surface area (Å²) in [6.45, 7) is 2.21. The SMILES string of the molecule is CC1CCC(O)(C(O)c2cccc3ccsc23)CC1. The molecule has 2 N–H and O–H groups in total. The summed E-state index contributed by atoms with van der Waals surface area (Å²) in [5, 5.41) is 24.6. The van der Waals surface area contributed by atoms with Crippen molar-refractivity contribution in [3.8, 4) is 0 Å². The van der Waals surface area contributed by atoms with E-state index in [9.17, 15) is 10.2 Å². The average molecular weight is 276 g/mol. The lowest BCUT2D eigenvalue weighted by Gasteiger charge is -2.38. The molecule has 1 fully saturated rings. The van der Waals surface area contributed by atoms with Gasteiger partial charge >= 0.3 is 0 Å². The second-order valence-electron chi connectivity index (χ2n) is 5.87. The highest BCUT2D eigenvalue weighted by Crippen LogP contribution is 2.42. The molecule has 0 aliphatic heterocycles. The van der Waals surface area contributed by atoms with E-state index in [1.165, 1.54) is 0 Å². The number of hydrogen-bond donors (Lipinski definition) is 2. The third-order valence-electron chi connectivity index (χ3n) is 4.45. The van der Waals surface area contributed by atoms with Crippen molar-refractivity contribution in [2.75, 3.05) is 0 Å². The van der Waals surface area contributed by atoms with Crippen LogP contribution in [0.2, 0.25) is 0 Å². The zero-order chi connectivity index (χ0) is 13.5. The lowest BCUT2D eigenvalue weighted by molar-refractivity contribution is -0.104. The van der Waals surface area contributed by atoms with Crippen LogP contribution in [0.25, 0.3) is 10.1 Å². The van der Waals surface area contributed by atoms with E-state index in [-0.39, 0.29) is 0 Å². The van der Waals surface area contributed by atoms with Gasteiger partial charge in [0.1, 0.15) is 6.10 Å². The molecule has 0 bridgehead atoms. The Hall–Kier alpha value is -0.900. The predicted molar refractivity (Wildman–Crippen MR) is 79.4 cm³/mol. The molecule has 1 unspecified atom stereocenters. The van der Waals surface area contributed by atoms with Gasteiger partial charge in [0, 0.05) is 10.3 Å². The Labute approximate surface area is 117 Å². The molecule has 1 aromatic heterocycles. The van der Waals surface area contributed by atoms with Gasteiger partial charge < -0.3 is 10.2 Å². The minimum Gasteiger partial charge on any atom is -0.387 e. The van der Waals surface area contributed by atoms with E-state index < -0.39 is 11.7 Å². The topological polar surface area (TPSA) is 40.5 Å². The summed E-state index contributed by atoms with van der Waals surface area (Å²) < 4.78 is 1.10. The summed E-state index contributed by atoms with van der Waals surface area (Å²) in [5.41, 5.74) is -0.0744. The van der Waals surface area contributed by atoms with Crippen LogP contribution >= 0.6 is 11.3 Å². The number of thiophene rings is 1. The Morgan fingerprint density at radius 2 is 2.00 bits per heavy atom. The maximum absolute atomic E-state index is 10.8. The van der Waals surface area contributed by atoms with Gasteiger partial charge in [0.05, 0.1) is 5.60 Å². The van der Waals surface area contributed by atoms with Gasteiger partial charge in [-0.15, -0.1) is 11.3 Å². The molecule has 1 atom stereocenters. The first-order chi connectivity index (χ1) is 9.10. The van der Waals surface area contributed by atoms with Crippen LogP contribution in [0.3, 0.4) is 0 Å². The molecule has 0 radical (unpaired) electrons. The number of benzene rings is 1. The average Bonchev–Trinajstić information content (AvgIpc) is 2.89. The molecular weight excluding hydrogens is 256 g/mol. The fourth-order valence-electron chi connectivity index (χ4n) is 3.06. The maximum Gasteiger partial charge on any atom is 0.109 e. The monoisotopic (exact) mass is 276 g/mol. The molecule has 0 amide bonds. The van der Waals surface area contributed by atoms with E-state index in [0.717, 1.165) is 28.5 Å². The summed E-state index contributed by atoms with van der Waals surface area (Å²) in [4.78, 5) is 0. The minimum absolute atomic E-state index is 0.657. The molecule has 102 valence electrons. The second-order valence-corrected chi connectivity index (χ2v) is 6.79. The van der Waals surface area contributed by atoms with Crippen LogP contribution < -0.4 is 0 Å². The molecule has 1 saturated carbocycles. The van der Waals surface area contributed by atoms with Crippen molar-refractivity contribution in [3.63, 3.8) is 0 Å². The van der Waals surface area contributed by atoms with E-state index in [4.69, 9.17) is 0 Å². The molecule has 3 heteroatoms. The first-order valence-electron chi connectivity index (χ1n) is 6.97. The van der Waals surface area contributed by atoms with Gasteiger partial charge in [0.25, 0.3) is 0 Å². The largest absolute Gasteiger partial charge is 0.387 e. The normalized spacial score (nSPS) is 29.5. The highest BCUT2D eigenvalue weighted by atomic mass is 32.1. The van der Waals surface area contributed by atoms with Crippen molar-refractivity contribution in [2.45, 2.75) is 44.3 Å². The van der Waals surface area contributed by atoms with Gasteiger partial charge in [0.2, 0.25) is 0 Å². The Balaban J connectivity index is 1.95. The van der Waals surface area contributed by atoms with Gasteiger partial charge in [-0.1, -0.05) is 25.1 Å². The van der Waals surface area contributed by atoms with Gasteiger partial charge in [-0.2, -0.15) is 0 Å². The number of aliphatic hydroxyl groups excluding tert-OH is 1. The van der Waals surface area contributed by atoms with Crippen molar-refractivity contribution in [2.24, 2.45) is 5.92 Å². The molecule has 19 heavy (non-hydrogen) atoms. The molecule has 2 aromatic rings.